The maximum atomic E-state index is 12.7. The number of nitrogen functional groups attached to an aromatic ring is 1. The van der Waals surface area contributed by atoms with Crippen LogP contribution in [0, 0.1) is 35.5 Å². The highest BCUT2D eigenvalue weighted by atomic mass is 16.5. The Morgan fingerprint density at radius 3 is 1.76 bits per heavy atom. The van der Waals surface area contributed by atoms with Gasteiger partial charge in [-0.25, -0.2) is 4.98 Å². The predicted molar refractivity (Wildman–Crippen MR) is 274 cm³/mol. The van der Waals surface area contributed by atoms with Crippen molar-refractivity contribution in [3.63, 3.8) is 0 Å². The minimum absolute atomic E-state index is 0.00769. The van der Waals surface area contributed by atoms with Gasteiger partial charge in [0.2, 0.25) is 11.9 Å². The lowest BCUT2D eigenvalue weighted by Crippen LogP contribution is -2.54. The molecule has 67 heavy (non-hydrogen) atoms. The SMILES string of the molecule is CCC1C(=O)N(C)c2cnc(Nc3ccc(C(C)=O)cc3OC)nc2N1C(C)C.CCCC1C[C@@H]2CCN(C)C[C@@H]2C1.CCCC1C[C@H]2CCN(C)C[C@H]2C1.COc1cc(C(C)=O)ccc1N. The van der Waals surface area contributed by atoms with Gasteiger partial charge in [0.15, 0.2) is 17.4 Å². The van der Waals surface area contributed by atoms with Crippen molar-refractivity contribution in [3.05, 3.63) is 53.7 Å². The summed E-state index contributed by atoms with van der Waals surface area (Å²) in [5.41, 5.74) is 8.62. The van der Waals surface area contributed by atoms with Crippen LogP contribution in [0.2, 0.25) is 0 Å². The molecule has 370 valence electrons. The van der Waals surface area contributed by atoms with Gasteiger partial charge in [-0.15, -0.1) is 0 Å². The van der Waals surface area contributed by atoms with E-state index in [2.05, 4.69) is 48.0 Å². The zero-order chi connectivity index (χ0) is 48.9. The summed E-state index contributed by atoms with van der Waals surface area (Å²) in [6.07, 6.45) is 17.2. The number of carbonyl (C=O) groups is 3. The zero-order valence-electron chi connectivity index (χ0n) is 43.1. The van der Waals surface area contributed by atoms with E-state index in [-0.39, 0.29) is 29.6 Å². The number of nitrogens with zero attached hydrogens (tertiary/aromatic N) is 6. The fourth-order valence-electron chi connectivity index (χ4n) is 11.4. The molecule has 7 atom stereocenters. The molecule has 3 aliphatic heterocycles. The number of rotatable bonds is 12. The number of amides is 1. The molecule has 2 saturated carbocycles. The number of methoxy groups -OCH3 is 2. The molecule has 5 aliphatic rings. The van der Waals surface area contributed by atoms with Crippen LogP contribution in [-0.4, -0.2) is 111 Å². The van der Waals surface area contributed by atoms with E-state index < -0.39 is 0 Å². The summed E-state index contributed by atoms with van der Waals surface area (Å²) in [6.45, 7) is 19.2. The Morgan fingerprint density at radius 1 is 0.776 bits per heavy atom. The van der Waals surface area contributed by atoms with Gasteiger partial charge < -0.3 is 40.1 Å². The van der Waals surface area contributed by atoms with Crippen molar-refractivity contribution >= 4 is 46.3 Å². The molecule has 1 amide bonds. The van der Waals surface area contributed by atoms with E-state index in [1.807, 2.05) is 25.7 Å². The number of aromatic nitrogens is 2. The fraction of sp³-hybridized carbons (Fsp3) is 0.648. The van der Waals surface area contributed by atoms with E-state index in [4.69, 9.17) is 20.2 Å². The first-order valence-corrected chi connectivity index (χ1v) is 25.2. The number of Topliss-reactive ketones (excluding diaryl/α,β-unsaturated/α-hetero) is 2. The first-order valence-electron chi connectivity index (χ1n) is 25.2. The number of anilines is 5. The van der Waals surface area contributed by atoms with Crippen LogP contribution >= 0.6 is 0 Å². The summed E-state index contributed by atoms with van der Waals surface area (Å²) in [6, 6.07) is 9.99. The van der Waals surface area contributed by atoms with Gasteiger partial charge in [-0.2, -0.15) is 4.98 Å². The monoisotopic (exact) mass is 925 g/mol. The first kappa shape index (κ1) is 53.2. The number of ketones is 2. The average molecular weight is 925 g/mol. The molecule has 0 spiro atoms. The largest absolute Gasteiger partial charge is 0.495 e. The topological polar surface area (TPSA) is 146 Å². The van der Waals surface area contributed by atoms with E-state index in [1.54, 1.807) is 74.5 Å². The number of likely N-dealkylation sites (tertiary alicyclic amines) is 2. The van der Waals surface area contributed by atoms with Gasteiger partial charge >= 0.3 is 0 Å². The van der Waals surface area contributed by atoms with Gasteiger partial charge in [0.1, 0.15) is 23.2 Å². The van der Waals surface area contributed by atoms with Crippen molar-refractivity contribution in [2.75, 3.05) is 82.4 Å². The number of carbonyl (C=O) groups excluding carboxylic acids is 3. The molecule has 0 radical (unpaired) electrons. The minimum atomic E-state index is -0.264. The van der Waals surface area contributed by atoms with Gasteiger partial charge in [0.05, 0.1) is 31.8 Å². The van der Waals surface area contributed by atoms with Gasteiger partial charge in [0, 0.05) is 37.3 Å². The van der Waals surface area contributed by atoms with E-state index in [1.165, 1.54) is 98.5 Å². The van der Waals surface area contributed by atoms with Crippen molar-refractivity contribution < 1.29 is 23.9 Å². The molecule has 13 heteroatoms. The van der Waals surface area contributed by atoms with Crippen molar-refractivity contribution in [2.24, 2.45) is 35.5 Å². The molecule has 4 fully saturated rings. The smallest absolute Gasteiger partial charge is 0.249 e. The zero-order valence-corrected chi connectivity index (χ0v) is 43.1. The minimum Gasteiger partial charge on any atom is -0.495 e. The summed E-state index contributed by atoms with van der Waals surface area (Å²) >= 11 is 0. The summed E-state index contributed by atoms with van der Waals surface area (Å²) < 4.78 is 10.4. The number of ether oxygens (including phenoxy) is 2. The molecule has 8 rings (SSSR count). The molecular weight excluding hydrogens is 841 g/mol. The second-order valence-electron chi connectivity index (χ2n) is 20.2. The standard InChI is InChI=1S/C21H27N5O3.2C12H23N.C9H11NO2/c1-7-16-20(28)25(5)17-11-22-21(24-19(17)26(16)12(2)3)23-15-9-8-14(13(4)27)10-18(15)29-6;2*1-3-4-10-7-11-5-6-13(2)9-12(11)8-10;1-6(11)7-3-4-8(10)9(5-7)12-2/h8-12,16H,7H2,1-6H3,(H,22,23,24);2*10-12H,3-9H2,1-2H3;3-5H,10H2,1-2H3/t;2*10?,11-,12-;/m.10./s1. The summed E-state index contributed by atoms with van der Waals surface area (Å²) in [5.74, 6) is 8.62. The number of likely N-dealkylation sites (N-methyl/N-ethyl adjacent to an activating group) is 1. The summed E-state index contributed by atoms with van der Waals surface area (Å²) in [4.78, 5) is 53.1. The van der Waals surface area contributed by atoms with Crippen LogP contribution in [-0.2, 0) is 4.79 Å². The highest BCUT2D eigenvalue weighted by Gasteiger charge is 2.39. The molecule has 3 aromatic rings. The van der Waals surface area contributed by atoms with Crippen LogP contribution in [0.25, 0.3) is 0 Å². The maximum absolute atomic E-state index is 12.7. The molecule has 3 unspecified atom stereocenters. The Bertz CT molecular complexity index is 2060. The molecule has 13 nitrogen and oxygen atoms in total. The molecule has 4 heterocycles. The summed E-state index contributed by atoms with van der Waals surface area (Å²) in [5, 5.41) is 3.17. The van der Waals surface area contributed by atoms with E-state index in [0.29, 0.717) is 57.9 Å². The second-order valence-corrected chi connectivity index (χ2v) is 20.2. The number of hydrogen-bond donors (Lipinski definition) is 2. The van der Waals surface area contributed by atoms with E-state index >= 15 is 0 Å². The highest BCUT2D eigenvalue weighted by Crippen LogP contribution is 2.44. The van der Waals surface area contributed by atoms with Crippen molar-refractivity contribution in [1.29, 1.82) is 0 Å². The third-order valence-corrected chi connectivity index (χ3v) is 14.9. The lowest BCUT2D eigenvalue weighted by atomic mass is 9.89. The van der Waals surface area contributed by atoms with Crippen LogP contribution in [0.5, 0.6) is 11.5 Å². The van der Waals surface area contributed by atoms with E-state index in [0.717, 1.165) is 35.5 Å². The van der Waals surface area contributed by atoms with Gasteiger partial charge in [0.25, 0.3) is 0 Å². The Hall–Kier alpha value is -4.75. The number of nitrogens with one attached hydrogen (secondary N) is 1. The Balaban J connectivity index is 0.000000184. The molecular formula is C54H84N8O5. The van der Waals surface area contributed by atoms with Crippen LogP contribution in [0.15, 0.2) is 42.6 Å². The summed E-state index contributed by atoms with van der Waals surface area (Å²) in [7, 11) is 9.38. The molecule has 0 bridgehead atoms. The molecule has 3 N–H and O–H groups in total. The van der Waals surface area contributed by atoms with Gasteiger partial charge in [-0.05, 0) is 172 Å². The second kappa shape index (κ2) is 25.0. The Labute approximate surface area is 402 Å². The quantitative estimate of drug-likeness (QED) is 0.132. The third-order valence-electron chi connectivity index (χ3n) is 14.9. The molecule has 2 aliphatic carbocycles. The number of fused-ring (bicyclic) bond motifs is 3. The van der Waals surface area contributed by atoms with Crippen molar-refractivity contribution in [1.82, 2.24) is 19.8 Å². The molecule has 1 aromatic heterocycles. The maximum Gasteiger partial charge on any atom is 0.249 e. The molecule has 2 aromatic carbocycles. The Morgan fingerprint density at radius 2 is 1.28 bits per heavy atom. The lowest BCUT2D eigenvalue weighted by molar-refractivity contribution is -0.120. The van der Waals surface area contributed by atoms with Crippen LogP contribution in [0.1, 0.15) is 140 Å². The van der Waals surface area contributed by atoms with Gasteiger partial charge in [-0.3, -0.25) is 14.4 Å². The van der Waals surface area contributed by atoms with E-state index in [9.17, 15) is 14.4 Å². The highest BCUT2D eigenvalue weighted by molar-refractivity contribution is 6.04. The predicted octanol–water partition coefficient (Wildman–Crippen LogP) is 10.4. The van der Waals surface area contributed by atoms with Crippen LogP contribution in [0.3, 0.4) is 0 Å². The molecule has 2 saturated heterocycles. The number of piperidine rings is 2. The number of hydrogen-bond acceptors (Lipinski definition) is 12. The van der Waals surface area contributed by atoms with Crippen LogP contribution < -0.4 is 30.3 Å². The normalized spacial score (nSPS) is 24.4. The number of nitrogens with two attached hydrogens (primary N) is 1. The van der Waals surface area contributed by atoms with Crippen molar-refractivity contribution in [3.8, 4) is 11.5 Å². The number of benzene rings is 2. The third kappa shape index (κ3) is 13.9. The Kier molecular flexibility index (Phi) is 19.9. The van der Waals surface area contributed by atoms with Crippen LogP contribution in [0.4, 0.5) is 28.8 Å². The van der Waals surface area contributed by atoms with Gasteiger partial charge in [-0.1, -0.05) is 46.5 Å². The van der Waals surface area contributed by atoms with Crippen molar-refractivity contribution in [2.45, 2.75) is 131 Å². The average Bonchev–Trinajstić information content (AvgIpc) is 3.90. The fourth-order valence-corrected chi connectivity index (χ4v) is 11.4. The lowest BCUT2D eigenvalue weighted by Gasteiger charge is -2.42. The first-order chi connectivity index (χ1) is 32.0.